The lowest BCUT2D eigenvalue weighted by atomic mass is 10.0. The van der Waals surface area contributed by atoms with Crippen molar-refractivity contribution in [3.05, 3.63) is 59.9 Å². The monoisotopic (exact) mass is 185 g/mol. The Balaban J connectivity index is 2.05. The van der Waals surface area contributed by atoms with Gasteiger partial charge in [0.2, 0.25) is 0 Å². The van der Waals surface area contributed by atoms with Crippen molar-refractivity contribution in [2.75, 3.05) is 7.05 Å². The number of allylic oxidation sites excluding steroid dienone is 2. The van der Waals surface area contributed by atoms with E-state index in [1.165, 1.54) is 11.1 Å². The first kappa shape index (κ1) is 9.07. The van der Waals surface area contributed by atoms with Crippen LogP contribution >= 0.6 is 0 Å². The molecule has 14 heavy (non-hydrogen) atoms. The Morgan fingerprint density at radius 3 is 2.71 bits per heavy atom. The first-order valence-corrected chi connectivity index (χ1v) is 4.97. The molecule has 1 aromatic carbocycles. The largest absolute Gasteiger partial charge is 0.358 e. The van der Waals surface area contributed by atoms with Crippen LogP contribution in [0.25, 0.3) is 0 Å². The number of hydrogen-bond donors (Lipinski definition) is 0. The van der Waals surface area contributed by atoms with Crippen molar-refractivity contribution in [1.82, 2.24) is 4.90 Å². The first-order valence-electron chi connectivity index (χ1n) is 4.97. The summed E-state index contributed by atoms with van der Waals surface area (Å²) >= 11 is 0. The Morgan fingerprint density at radius 1 is 1.21 bits per heavy atom. The molecule has 0 N–H and O–H groups in total. The minimum atomic E-state index is 1.06. The van der Waals surface area contributed by atoms with Crippen LogP contribution in [-0.2, 0) is 6.42 Å². The Hall–Kier alpha value is -1.50. The van der Waals surface area contributed by atoms with E-state index < -0.39 is 0 Å². The highest BCUT2D eigenvalue weighted by Crippen LogP contribution is 2.15. The summed E-state index contributed by atoms with van der Waals surface area (Å²) in [5, 5.41) is 0. The maximum absolute atomic E-state index is 2.22. The van der Waals surface area contributed by atoms with Crippen molar-refractivity contribution in [1.29, 1.82) is 0 Å². The molecule has 1 aromatic rings. The van der Waals surface area contributed by atoms with Crippen LogP contribution in [-0.4, -0.2) is 11.9 Å². The summed E-state index contributed by atoms with van der Waals surface area (Å²) in [6.07, 6.45) is 8.68. The molecule has 1 aliphatic rings. The minimum Gasteiger partial charge on any atom is -0.358 e. The van der Waals surface area contributed by atoms with E-state index in [0.717, 1.165) is 12.8 Å². The standard InChI is InChI=1S/C13H15N/c1-14-9-5-8-13(11-14)10-12-6-3-2-4-7-12/h2-7,9,11H,8,10H2,1H3. The first-order chi connectivity index (χ1) is 6.84. The molecule has 72 valence electrons. The van der Waals surface area contributed by atoms with Crippen LogP contribution in [0.1, 0.15) is 12.0 Å². The zero-order chi connectivity index (χ0) is 9.80. The average molecular weight is 185 g/mol. The van der Waals surface area contributed by atoms with Crippen molar-refractivity contribution in [2.24, 2.45) is 0 Å². The molecule has 0 bridgehead atoms. The van der Waals surface area contributed by atoms with E-state index in [-0.39, 0.29) is 0 Å². The quantitative estimate of drug-likeness (QED) is 0.684. The molecular formula is C13H15N. The van der Waals surface area contributed by atoms with Gasteiger partial charge in [-0.3, -0.25) is 0 Å². The highest BCUT2D eigenvalue weighted by atomic mass is 15.1. The molecule has 0 fully saturated rings. The predicted molar refractivity (Wildman–Crippen MR) is 59.7 cm³/mol. The topological polar surface area (TPSA) is 3.24 Å². The minimum absolute atomic E-state index is 1.06. The molecule has 0 saturated heterocycles. The van der Waals surface area contributed by atoms with Gasteiger partial charge >= 0.3 is 0 Å². The molecule has 2 rings (SSSR count). The van der Waals surface area contributed by atoms with Crippen molar-refractivity contribution in [3.63, 3.8) is 0 Å². The van der Waals surface area contributed by atoms with Crippen molar-refractivity contribution in [2.45, 2.75) is 12.8 Å². The summed E-state index contributed by atoms with van der Waals surface area (Å²) in [5.74, 6) is 0. The SMILES string of the molecule is CN1C=CCC(Cc2ccccc2)=C1. The molecule has 0 atom stereocenters. The summed E-state index contributed by atoms with van der Waals surface area (Å²) in [4.78, 5) is 2.11. The van der Waals surface area contributed by atoms with Crippen LogP contribution in [0.5, 0.6) is 0 Å². The number of rotatable bonds is 2. The van der Waals surface area contributed by atoms with E-state index in [1.54, 1.807) is 0 Å². The second-order valence-electron chi connectivity index (χ2n) is 3.70. The van der Waals surface area contributed by atoms with Crippen LogP contribution in [0.2, 0.25) is 0 Å². The lowest BCUT2D eigenvalue weighted by molar-refractivity contribution is 0.599. The van der Waals surface area contributed by atoms with Crippen LogP contribution in [0.3, 0.4) is 0 Å². The lowest BCUT2D eigenvalue weighted by Gasteiger charge is -2.16. The van der Waals surface area contributed by atoms with Crippen LogP contribution < -0.4 is 0 Å². The predicted octanol–water partition coefficient (Wildman–Crippen LogP) is 2.96. The zero-order valence-electron chi connectivity index (χ0n) is 8.48. The fourth-order valence-corrected chi connectivity index (χ4v) is 1.73. The average Bonchev–Trinajstić information content (AvgIpc) is 2.19. The highest BCUT2D eigenvalue weighted by Gasteiger charge is 2.02. The fraction of sp³-hybridized carbons (Fsp3) is 0.231. The Labute approximate surface area is 85.4 Å². The van der Waals surface area contributed by atoms with Crippen molar-refractivity contribution >= 4 is 0 Å². The van der Waals surface area contributed by atoms with Gasteiger partial charge in [0, 0.05) is 13.2 Å². The Kier molecular flexibility index (Phi) is 2.68. The smallest absolute Gasteiger partial charge is 0.0106 e. The van der Waals surface area contributed by atoms with E-state index in [1.807, 2.05) is 0 Å². The summed E-state index contributed by atoms with van der Waals surface area (Å²) in [5.41, 5.74) is 2.86. The Morgan fingerprint density at radius 2 is 2.00 bits per heavy atom. The fourth-order valence-electron chi connectivity index (χ4n) is 1.73. The van der Waals surface area contributed by atoms with Gasteiger partial charge in [-0.25, -0.2) is 0 Å². The van der Waals surface area contributed by atoms with Gasteiger partial charge in [-0.05, 0) is 30.2 Å². The molecule has 1 heterocycles. The molecule has 1 aliphatic heterocycles. The third-order valence-electron chi connectivity index (χ3n) is 2.38. The zero-order valence-corrected chi connectivity index (χ0v) is 8.48. The number of benzene rings is 1. The molecule has 0 spiro atoms. The van der Waals surface area contributed by atoms with Gasteiger partial charge in [-0.1, -0.05) is 36.4 Å². The van der Waals surface area contributed by atoms with Crippen molar-refractivity contribution in [3.8, 4) is 0 Å². The molecule has 1 heteroatoms. The third-order valence-corrected chi connectivity index (χ3v) is 2.38. The summed E-state index contributed by atoms with van der Waals surface area (Å²) in [7, 11) is 2.07. The number of nitrogens with zero attached hydrogens (tertiary/aromatic N) is 1. The summed E-state index contributed by atoms with van der Waals surface area (Å²) in [6, 6.07) is 10.6. The molecule has 0 unspecified atom stereocenters. The normalized spacial score (nSPS) is 15.5. The van der Waals surface area contributed by atoms with Crippen LogP contribution in [0.15, 0.2) is 54.4 Å². The molecule has 0 amide bonds. The summed E-state index contributed by atoms with van der Waals surface area (Å²) < 4.78 is 0. The molecule has 0 aromatic heterocycles. The van der Waals surface area contributed by atoms with Gasteiger partial charge in [0.05, 0.1) is 0 Å². The van der Waals surface area contributed by atoms with E-state index >= 15 is 0 Å². The van der Waals surface area contributed by atoms with E-state index in [0.29, 0.717) is 0 Å². The maximum atomic E-state index is 2.22. The van der Waals surface area contributed by atoms with E-state index in [9.17, 15) is 0 Å². The van der Waals surface area contributed by atoms with Gasteiger partial charge in [-0.15, -0.1) is 0 Å². The maximum Gasteiger partial charge on any atom is 0.0106 e. The molecular weight excluding hydrogens is 170 g/mol. The number of hydrogen-bond acceptors (Lipinski definition) is 1. The molecule has 0 aliphatic carbocycles. The van der Waals surface area contributed by atoms with Gasteiger partial charge in [-0.2, -0.15) is 0 Å². The Bertz CT molecular complexity index is 349. The summed E-state index contributed by atoms with van der Waals surface area (Å²) in [6.45, 7) is 0. The molecule has 0 saturated carbocycles. The van der Waals surface area contributed by atoms with Gasteiger partial charge in [0.1, 0.15) is 0 Å². The van der Waals surface area contributed by atoms with E-state index in [4.69, 9.17) is 0 Å². The van der Waals surface area contributed by atoms with Gasteiger partial charge in [0.15, 0.2) is 0 Å². The lowest BCUT2D eigenvalue weighted by Crippen LogP contribution is -2.07. The highest BCUT2D eigenvalue weighted by molar-refractivity contribution is 5.24. The van der Waals surface area contributed by atoms with Crippen molar-refractivity contribution < 1.29 is 0 Å². The van der Waals surface area contributed by atoms with E-state index in [2.05, 4.69) is 60.8 Å². The van der Waals surface area contributed by atoms with Gasteiger partial charge < -0.3 is 4.90 Å². The van der Waals surface area contributed by atoms with Crippen LogP contribution in [0.4, 0.5) is 0 Å². The molecule has 0 radical (unpaired) electrons. The second kappa shape index (κ2) is 4.14. The van der Waals surface area contributed by atoms with Crippen LogP contribution in [0, 0.1) is 0 Å². The molecule has 1 nitrogen and oxygen atoms in total. The second-order valence-corrected chi connectivity index (χ2v) is 3.70. The van der Waals surface area contributed by atoms with Gasteiger partial charge in [0.25, 0.3) is 0 Å². The third kappa shape index (κ3) is 2.25.